The summed E-state index contributed by atoms with van der Waals surface area (Å²) >= 11 is 6.07. The Hall–Kier alpha value is -1.17. The Morgan fingerprint density at radius 3 is 2.37 bits per heavy atom. The molecule has 0 aliphatic carbocycles. The van der Waals surface area contributed by atoms with Crippen molar-refractivity contribution in [2.24, 2.45) is 0 Å². The van der Waals surface area contributed by atoms with Gasteiger partial charge < -0.3 is 24.3 Å². The molecule has 0 saturated heterocycles. The predicted octanol–water partition coefficient (Wildman–Crippen LogP) is 2.43. The quantitative estimate of drug-likeness (QED) is 0.708. The molecule has 0 atom stereocenters. The lowest BCUT2D eigenvalue weighted by atomic mass is 10.2. The van der Waals surface area contributed by atoms with Crippen LogP contribution in [0.25, 0.3) is 0 Å². The average Bonchev–Trinajstić information content (AvgIpc) is 2.43. The van der Waals surface area contributed by atoms with Crippen LogP contribution < -0.4 is 14.8 Å². The smallest absolute Gasteiger partial charge is 0.145 e. The van der Waals surface area contributed by atoms with Gasteiger partial charge in [-0.2, -0.15) is 0 Å². The van der Waals surface area contributed by atoms with E-state index in [0.29, 0.717) is 42.9 Å². The van der Waals surface area contributed by atoms with Crippen LogP contribution in [0.5, 0.6) is 11.5 Å². The summed E-state index contributed by atoms with van der Waals surface area (Å²) in [6.07, 6.45) is 0. The standard InChI is InChI=1S/C13H20ClNO4/c1-16-6-7-19-5-4-15-11-8-10(14)12(17-2)9-13(11)18-3/h8-9,15H,4-7H2,1-3H3. The van der Waals surface area contributed by atoms with E-state index in [1.165, 1.54) is 0 Å². The maximum absolute atomic E-state index is 6.07. The van der Waals surface area contributed by atoms with E-state index in [0.717, 1.165) is 5.69 Å². The number of ether oxygens (including phenoxy) is 4. The Labute approximate surface area is 118 Å². The minimum Gasteiger partial charge on any atom is -0.495 e. The van der Waals surface area contributed by atoms with Gasteiger partial charge in [-0.3, -0.25) is 0 Å². The van der Waals surface area contributed by atoms with Crippen molar-refractivity contribution in [3.8, 4) is 11.5 Å². The fourth-order valence-electron chi connectivity index (χ4n) is 1.50. The molecule has 1 rings (SSSR count). The molecule has 19 heavy (non-hydrogen) atoms. The maximum atomic E-state index is 6.07. The first-order valence-corrected chi connectivity index (χ1v) is 6.32. The van der Waals surface area contributed by atoms with Crippen LogP contribution in [-0.4, -0.2) is 47.7 Å². The first kappa shape index (κ1) is 15.9. The Balaban J connectivity index is 2.50. The van der Waals surface area contributed by atoms with E-state index in [2.05, 4.69) is 5.32 Å². The summed E-state index contributed by atoms with van der Waals surface area (Å²) in [6, 6.07) is 3.52. The van der Waals surface area contributed by atoms with Gasteiger partial charge in [0.05, 0.1) is 44.8 Å². The van der Waals surface area contributed by atoms with Gasteiger partial charge in [0, 0.05) is 19.7 Å². The van der Waals surface area contributed by atoms with Crippen molar-refractivity contribution in [2.45, 2.75) is 0 Å². The van der Waals surface area contributed by atoms with Crippen molar-refractivity contribution in [2.75, 3.05) is 53.0 Å². The molecule has 5 nitrogen and oxygen atoms in total. The predicted molar refractivity (Wildman–Crippen MR) is 75.7 cm³/mol. The van der Waals surface area contributed by atoms with Crippen LogP contribution in [0.3, 0.4) is 0 Å². The second kappa shape index (κ2) is 8.85. The number of rotatable bonds is 9. The molecule has 0 radical (unpaired) electrons. The largest absolute Gasteiger partial charge is 0.495 e. The van der Waals surface area contributed by atoms with Gasteiger partial charge in [0.15, 0.2) is 0 Å². The van der Waals surface area contributed by atoms with Crippen molar-refractivity contribution in [1.29, 1.82) is 0 Å². The molecule has 0 heterocycles. The molecule has 0 unspecified atom stereocenters. The Morgan fingerprint density at radius 1 is 1.00 bits per heavy atom. The third-order valence-corrected chi connectivity index (χ3v) is 2.76. The maximum Gasteiger partial charge on any atom is 0.145 e. The van der Waals surface area contributed by atoms with E-state index in [4.69, 9.17) is 30.5 Å². The van der Waals surface area contributed by atoms with E-state index >= 15 is 0 Å². The summed E-state index contributed by atoms with van der Waals surface area (Å²) < 4.78 is 20.7. The van der Waals surface area contributed by atoms with Gasteiger partial charge in [0.1, 0.15) is 11.5 Å². The highest BCUT2D eigenvalue weighted by atomic mass is 35.5. The number of nitrogens with one attached hydrogen (secondary N) is 1. The first-order chi connectivity index (χ1) is 9.22. The van der Waals surface area contributed by atoms with Crippen LogP contribution in [-0.2, 0) is 9.47 Å². The molecule has 0 spiro atoms. The van der Waals surface area contributed by atoms with Crippen LogP contribution in [0.2, 0.25) is 5.02 Å². The normalized spacial score (nSPS) is 10.3. The molecule has 1 aromatic carbocycles. The van der Waals surface area contributed by atoms with Gasteiger partial charge >= 0.3 is 0 Å². The number of halogens is 1. The van der Waals surface area contributed by atoms with Crippen molar-refractivity contribution >= 4 is 17.3 Å². The number of methoxy groups -OCH3 is 3. The summed E-state index contributed by atoms with van der Waals surface area (Å²) in [5.74, 6) is 1.26. The lowest BCUT2D eigenvalue weighted by molar-refractivity contribution is 0.0759. The van der Waals surface area contributed by atoms with E-state index in [1.54, 1.807) is 33.5 Å². The highest BCUT2D eigenvalue weighted by Gasteiger charge is 2.09. The topological polar surface area (TPSA) is 49.0 Å². The van der Waals surface area contributed by atoms with Gasteiger partial charge in [0.25, 0.3) is 0 Å². The molecule has 0 bridgehead atoms. The van der Waals surface area contributed by atoms with Crippen LogP contribution in [0.15, 0.2) is 12.1 Å². The molecule has 1 aromatic rings. The lowest BCUT2D eigenvalue weighted by Crippen LogP contribution is -2.12. The van der Waals surface area contributed by atoms with Crippen LogP contribution in [0.1, 0.15) is 0 Å². The van der Waals surface area contributed by atoms with E-state index < -0.39 is 0 Å². The van der Waals surface area contributed by atoms with Crippen molar-refractivity contribution in [3.05, 3.63) is 17.2 Å². The van der Waals surface area contributed by atoms with Gasteiger partial charge in [-0.1, -0.05) is 11.6 Å². The number of benzene rings is 1. The fourth-order valence-corrected chi connectivity index (χ4v) is 1.74. The van der Waals surface area contributed by atoms with Gasteiger partial charge in [0.2, 0.25) is 0 Å². The molecule has 0 aliphatic rings. The van der Waals surface area contributed by atoms with Gasteiger partial charge in [-0.15, -0.1) is 0 Å². The molecular formula is C13H20ClNO4. The summed E-state index contributed by atoms with van der Waals surface area (Å²) in [5, 5.41) is 3.74. The molecule has 1 N–H and O–H groups in total. The number of hydrogen-bond donors (Lipinski definition) is 1. The molecule has 0 amide bonds. The van der Waals surface area contributed by atoms with Crippen molar-refractivity contribution in [3.63, 3.8) is 0 Å². The van der Waals surface area contributed by atoms with Crippen LogP contribution in [0, 0.1) is 0 Å². The Morgan fingerprint density at radius 2 is 1.74 bits per heavy atom. The summed E-state index contributed by atoms with van der Waals surface area (Å²) in [7, 11) is 4.81. The SMILES string of the molecule is COCCOCCNc1cc(Cl)c(OC)cc1OC. The van der Waals surface area contributed by atoms with Gasteiger partial charge in [-0.05, 0) is 6.07 Å². The molecule has 0 aromatic heterocycles. The highest BCUT2D eigenvalue weighted by molar-refractivity contribution is 6.32. The highest BCUT2D eigenvalue weighted by Crippen LogP contribution is 2.35. The molecule has 0 fully saturated rings. The second-order valence-electron chi connectivity index (χ2n) is 3.72. The van der Waals surface area contributed by atoms with E-state index in [9.17, 15) is 0 Å². The zero-order valence-electron chi connectivity index (χ0n) is 11.5. The number of anilines is 1. The average molecular weight is 290 g/mol. The zero-order valence-corrected chi connectivity index (χ0v) is 12.3. The van der Waals surface area contributed by atoms with E-state index in [-0.39, 0.29) is 0 Å². The summed E-state index contributed by atoms with van der Waals surface area (Å²) in [4.78, 5) is 0. The third kappa shape index (κ3) is 5.14. The van der Waals surface area contributed by atoms with Crippen molar-refractivity contribution in [1.82, 2.24) is 0 Å². The van der Waals surface area contributed by atoms with E-state index in [1.807, 2.05) is 0 Å². The number of hydrogen-bond acceptors (Lipinski definition) is 5. The summed E-state index contributed by atoms with van der Waals surface area (Å²) in [6.45, 7) is 2.41. The minimum absolute atomic E-state index is 0.533. The first-order valence-electron chi connectivity index (χ1n) is 5.95. The molecule has 0 aliphatic heterocycles. The summed E-state index contributed by atoms with van der Waals surface area (Å²) in [5.41, 5.74) is 0.809. The minimum atomic E-state index is 0.533. The zero-order chi connectivity index (χ0) is 14.1. The second-order valence-corrected chi connectivity index (χ2v) is 4.13. The van der Waals surface area contributed by atoms with Gasteiger partial charge in [-0.25, -0.2) is 0 Å². The Kier molecular flexibility index (Phi) is 7.40. The van der Waals surface area contributed by atoms with Crippen molar-refractivity contribution < 1.29 is 18.9 Å². The third-order valence-electron chi connectivity index (χ3n) is 2.47. The fraction of sp³-hybridized carbons (Fsp3) is 0.538. The molecular weight excluding hydrogens is 270 g/mol. The monoisotopic (exact) mass is 289 g/mol. The molecule has 108 valence electrons. The van der Waals surface area contributed by atoms with Crippen LogP contribution in [0.4, 0.5) is 5.69 Å². The van der Waals surface area contributed by atoms with Crippen LogP contribution >= 0.6 is 11.6 Å². The molecule has 6 heteroatoms. The lowest BCUT2D eigenvalue weighted by Gasteiger charge is -2.13. The molecule has 0 saturated carbocycles. The Bertz CT molecular complexity index is 387.